The van der Waals surface area contributed by atoms with E-state index in [1.807, 2.05) is 19.9 Å². The van der Waals surface area contributed by atoms with Crippen LogP contribution in [-0.4, -0.2) is 24.9 Å². The van der Waals surface area contributed by atoms with Crippen molar-refractivity contribution in [3.05, 3.63) is 29.6 Å². The summed E-state index contributed by atoms with van der Waals surface area (Å²) >= 11 is 5.12. The van der Waals surface area contributed by atoms with Gasteiger partial charge in [-0.3, -0.25) is 0 Å². The highest BCUT2D eigenvalue weighted by Gasteiger charge is 2.00. The molecule has 0 radical (unpaired) electrons. The van der Waals surface area contributed by atoms with Crippen molar-refractivity contribution in [3.63, 3.8) is 0 Å². The van der Waals surface area contributed by atoms with Gasteiger partial charge in [-0.25, -0.2) is 4.39 Å². The molecule has 3 nitrogen and oxygen atoms in total. The summed E-state index contributed by atoms with van der Waals surface area (Å²) < 4.78 is 18.4. The number of aryl methyl sites for hydroxylation is 1. The molecule has 5 heteroatoms. The van der Waals surface area contributed by atoms with E-state index in [4.69, 9.17) is 17.0 Å². The number of benzene rings is 1. The zero-order chi connectivity index (χ0) is 13.4. The van der Waals surface area contributed by atoms with Crippen LogP contribution in [-0.2, 0) is 4.74 Å². The molecule has 0 spiro atoms. The molecular formula is C13H19FN2OS. The van der Waals surface area contributed by atoms with Crippen molar-refractivity contribution >= 4 is 23.0 Å². The molecule has 0 saturated carbocycles. The van der Waals surface area contributed by atoms with E-state index < -0.39 is 0 Å². The van der Waals surface area contributed by atoms with E-state index in [2.05, 4.69) is 10.6 Å². The third kappa shape index (κ3) is 5.93. The van der Waals surface area contributed by atoms with E-state index in [9.17, 15) is 4.39 Å². The highest BCUT2D eigenvalue weighted by molar-refractivity contribution is 7.80. The van der Waals surface area contributed by atoms with E-state index >= 15 is 0 Å². The molecule has 0 amide bonds. The summed E-state index contributed by atoms with van der Waals surface area (Å²) in [5.41, 5.74) is 1.52. The van der Waals surface area contributed by atoms with Crippen LogP contribution in [0.25, 0.3) is 0 Å². The highest BCUT2D eigenvalue weighted by Crippen LogP contribution is 2.12. The van der Waals surface area contributed by atoms with Crippen LogP contribution in [0.4, 0.5) is 10.1 Å². The molecule has 1 rings (SSSR count). The van der Waals surface area contributed by atoms with E-state index in [1.54, 1.807) is 0 Å². The van der Waals surface area contributed by atoms with Gasteiger partial charge >= 0.3 is 0 Å². The fraction of sp³-hybridized carbons (Fsp3) is 0.462. The van der Waals surface area contributed by atoms with E-state index in [0.29, 0.717) is 17.4 Å². The Balaban J connectivity index is 2.31. The summed E-state index contributed by atoms with van der Waals surface area (Å²) in [6.45, 7) is 5.98. The summed E-state index contributed by atoms with van der Waals surface area (Å²) in [5.74, 6) is -0.267. The summed E-state index contributed by atoms with van der Waals surface area (Å²) in [4.78, 5) is 0. The van der Waals surface area contributed by atoms with Crippen molar-refractivity contribution in [3.8, 4) is 0 Å². The van der Waals surface area contributed by atoms with Crippen molar-refractivity contribution in [2.24, 2.45) is 0 Å². The molecule has 100 valence electrons. The molecule has 1 aromatic rings. The maximum absolute atomic E-state index is 13.1. The fourth-order valence-corrected chi connectivity index (χ4v) is 1.72. The van der Waals surface area contributed by atoms with Crippen LogP contribution in [0.2, 0.25) is 0 Å². The normalized spacial score (nSPS) is 10.2. The van der Waals surface area contributed by atoms with Crippen LogP contribution < -0.4 is 10.6 Å². The molecular weight excluding hydrogens is 251 g/mol. The number of halogens is 1. The minimum Gasteiger partial charge on any atom is -0.382 e. The second-order valence-electron chi connectivity index (χ2n) is 3.95. The molecule has 1 aromatic carbocycles. The van der Waals surface area contributed by atoms with Gasteiger partial charge in [0.05, 0.1) is 0 Å². The van der Waals surface area contributed by atoms with Gasteiger partial charge in [0.2, 0.25) is 0 Å². The number of rotatable bonds is 6. The van der Waals surface area contributed by atoms with E-state index in [-0.39, 0.29) is 5.82 Å². The predicted molar refractivity (Wildman–Crippen MR) is 76.5 cm³/mol. The quantitative estimate of drug-likeness (QED) is 0.615. The van der Waals surface area contributed by atoms with Crippen LogP contribution in [0.5, 0.6) is 0 Å². The van der Waals surface area contributed by atoms with Gasteiger partial charge in [-0.05, 0) is 56.2 Å². The first-order valence-electron chi connectivity index (χ1n) is 6.01. The van der Waals surface area contributed by atoms with Crippen molar-refractivity contribution in [2.45, 2.75) is 20.3 Å². The minimum absolute atomic E-state index is 0.267. The first-order chi connectivity index (χ1) is 8.61. The lowest BCUT2D eigenvalue weighted by atomic mass is 10.2. The van der Waals surface area contributed by atoms with Gasteiger partial charge in [-0.15, -0.1) is 0 Å². The van der Waals surface area contributed by atoms with Gasteiger partial charge in [-0.2, -0.15) is 0 Å². The van der Waals surface area contributed by atoms with Gasteiger partial charge < -0.3 is 15.4 Å². The Labute approximate surface area is 113 Å². The van der Waals surface area contributed by atoms with Crippen molar-refractivity contribution < 1.29 is 9.13 Å². The Morgan fingerprint density at radius 3 is 2.83 bits per heavy atom. The van der Waals surface area contributed by atoms with Crippen LogP contribution in [0, 0.1) is 12.7 Å². The summed E-state index contributed by atoms with van der Waals surface area (Å²) in [6, 6.07) is 4.74. The minimum atomic E-state index is -0.267. The lowest BCUT2D eigenvalue weighted by Gasteiger charge is -2.11. The monoisotopic (exact) mass is 270 g/mol. The number of hydrogen-bond donors (Lipinski definition) is 2. The predicted octanol–water partition coefficient (Wildman–Crippen LogP) is 2.85. The molecule has 0 atom stereocenters. The Kier molecular flexibility index (Phi) is 6.60. The molecule has 0 saturated heterocycles. The zero-order valence-electron chi connectivity index (χ0n) is 10.8. The number of ether oxygens (including phenoxy) is 1. The summed E-state index contributed by atoms with van der Waals surface area (Å²) in [5, 5.41) is 6.50. The molecule has 18 heavy (non-hydrogen) atoms. The standard InChI is InChI=1S/C13H19FN2OS/c1-3-17-6-4-5-15-13(18)16-12-8-10(2)7-11(14)9-12/h7-9H,3-6H2,1-2H3,(H2,15,16,18). The summed E-state index contributed by atoms with van der Waals surface area (Å²) in [6.07, 6.45) is 0.887. The van der Waals surface area contributed by atoms with Gasteiger partial charge in [0, 0.05) is 25.4 Å². The fourth-order valence-electron chi connectivity index (χ4n) is 1.50. The van der Waals surface area contributed by atoms with Gasteiger partial charge in [0.15, 0.2) is 5.11 Å². The lowest BCUT2D eigenvalue weighted by Crippen LogP contribution is -2.29. The topological polar surface area (TPSA) is 33.3 Å². The van der Waals surface area contributed by atoms with Crippen LogP contribution in [0.15, 0.2) is 18.2 Å². The molecule has 0 heterocycles. The Bertz CT molecular complexity index is 378. The third-order valence-corrected chi connectivity index (χ3v) is 2.50. The van der Waals surface area contributed by atoms with E-state index in [0.717, 1.165) is 25.1 Å². The maximum atomic E-state index is 13.1. The number of hydrogen-bond acceptors (Lipinski definition) is 2. The zero-order valence-corrected chi connectivity index (χ0v) is 11.6. The van der Waals surface area contributed by atoms with Crippen LogP contribution in [0.1, 0.15) is 18.9 Å². The van der Waals surface area contributed by atoms with Gasteiger partial charge in [0.1, 0.15) is 5.82 Å². The molecule has 0 aromatic heterocycles. The SMILES string of the molecule is CCOCCCNC(=S)Nc1cc(C)cc(F)c1. The molecule has 0 bridgehead atoms. The molecule has 0 unspecified atom stereocenters. The van der Waals surface area contributed by atoms with Gasteiger partial charge in [0.25, 0.3) is 0 Å². The largest absolute Gasteiger partial charge is 0.382 e. The van der Waals surface area contributed by atoms with Crippen molar-refractivity contribution in [1.82, 2.24) is 5.32 Å². The molecule has 2 N–H and O–H groups in total. The maximum Gasteiger partial charge on any atom is 0.170 e. The first-order valence-corrected chi connectivity index (χ1v) is 6.42. The molecule has 0 aliphatic carbocycles. The molecule has 0 aliphatic heterocycles. The Hall–Kier alpha value is -1.20. The van der Waals surface area contributed by atoms with Crippen LogP contribution in [0.3, 0.4) is 0 Å². The molecule has 0 aliphatic rings. The average molecular weight is 270 g/mol. The Morgan fingerprint density at radius 2 is 2.17 bits per heavy atom. The molecule has 0 fully saturated rings. The third-order valence-electron chi connectivity index (χ3n) is 2.26. The number of thiocarbonyl (C=S) groups is 1. The average Bonchev–Trinajstić information content (AvgIpc) is 2.27. The highest BCUT2D eigenvalue weighted by atomic mass is 32.1. The number of nitrogens with one attached hydrogen (secondary N) is 2. The van der Waals surface area contributed by atoms with Gasteiger partial charge in [-0.1, -0.05) is 0 Å². The smallest absolute Gasteiger partial charge is 0.170 e. The van der Waals surface area contributed by atoms with Crippen molar-refractivity contribution in [2.75, 3.05) is 25.1 Å². The van der Waals surface area contributed by atoms with Crippen LogP contribution >= 0.6 is 12.2 Å². The summed E-state index contributed by atoms with van der Waals surface area (Å²) in [7, 11) is 0. The first kappa shape index (κ1) is 14.9. The second kappa shape index (κ2) is 8.00. The van der Waals surface area contributed by atoms with E-state index in [1.165, 1.54) is 12.1 Å². The lowest BCUT2D eigenvalue weighted by molar-refractivity contribution is 0.146. The Morgan fingerprint density at radius 1 is 1.39 bits per heavy atom. The second-order valence-corrected chi connectivity index (χ2v) is 4.36. The van der Waals surface area contributed by atoms with Crippen molar-refractivity contribution in [1.29, 1.82) is 0 Å². The number of anilines is 1.